The van der Waals surface area contributed by atoms with Gasteiger partial charge in [-0.05, 0) is 54.4 Å². The number of aromatic nitrogens is 5. The first kappa shape index (κ1) is 28.4. The average Bonchev–Trinajstić information content (AvgIpc) is 3.56. The number of hydrogen-bond acceptors (Lipinski definition) is 5. The summed E-state index contributed by atoms with van der Waals surface area (Å²) in [6.07, 6.45) is -2.09. The lowest BCUT2D eigenvalue weighted by Gasteiger charge is -2.20. The SMILES string of the molecule is Cc1nc(C(F)(F)F)cn1-c1ccc(-c2cccc(S(C)(=O)=O)c2)cc1-n1nncc1C(F)(F)c1ccc(Cl)cc1. The molecule has 41 heavy (non-hydrogen) atoms. The van der Waals surface area contributed by atoms with E-state index < -0.39 is 38.9 Å². The molecule has 3 aromatic carbocycles. The number of benzene rings is 3. The normalized spacial score (nSPS) is 12.6. The molecule has 0 unspecified atom stereocenters. The van der Waals surface area contributed by atoms with Gasteiger partial charge < -0.3 is 4.57 Å². The molecule has 5 aromatic rings. The van der Waals surface area contributed by atoms with Crippen molar-refractivity contribution in [3.05, 3.63) is 107 Å². The molecule has 0 saturated carbocycles. The fourth-order valence-corrected chi connectivity index (χ4v) is 5.06. The summed E-state index contributed by atoms with van der Waals surface area (Å²) < 4.78 is 98.2. The van der Waals surface area contributed by atoms with Gasteiger partial charge in [0, 0.05) is 23.0 Å². The number of hydrogen-bond donors (Lipinski definition) is 0. The largest absolute Gasteiger partial charge is 0.434 e. The monoisotopic (exact) mass is 607 g/mol. The number of rotatable bonds is 6. The first-order valence-corrected chi connectivity index (χ1v) is 14.1. The fraction of sp³-hybridized carbons (Fsp3) is 0.148. The van der Waals surface area contributed by atoms with E-state index >= 15 is 8.78 Å². The molecule has 7 nitrogen and oxygen atoms in total. The van der Waals surface area contributed by atoms with Gasteiger partial charge in [-0.25, -0.2) is 18.1 Å². The van der Waals surface area contributed by atoms with E-state index in [4.69, 9.17) is 11.6 Å². The average molecular weight is 608 g/mol. The van der Waals surface area contributed by atoms with Crippen LogP contribution in [-0.4, -0.2) is 39.2 Å². The lowest BCUT2D eigenvalue weighted by Crippen LogP contribution is -2.21. The standard InChI is InChI=1S/C27H19ClF5N5O2S/c1-16-35-24(27(31,32)33)15-37(16)22-11-6-18(17-4-3-5-21(12-17)41(2,39)40)13-23(22)38-25(14-34-36-38)26(29,30)19-7-9-20(28)10-8-19/h3-15H,1-2H3. The minimum atomic E-state index is -4.75. The van der Waals surface area contributed by atoms with Crippen LogP contribution in [0.5, 0.6) is 0 Å². The summed E-state index contributed by atoms with van der Waals surface area (Å²) in [6.45, 7) is 1.34. The molecule has 0 N–H and O–H groups in total. The summed E-state index contributed by atoms with van der Waals surface area (Å²) in [5, 5.41) is 7.80. The molecule has 0 bridgehead atoms. The molecule has 0 aliphatic heterocycles. The van der Waals surface area contributed by atoms with Crippen molar-refractivity contribution in [1.82, 2.24) is 24.5 Å². The molecule has 0 aliphatic rings. The van der Waals surface area contributed by atoms with Crippen LogP contribution < -0.4 is 0 Å². The van der Waals surface area contributed by atoms with Crippen LogP contribution in [0.3, 0.4) is 0 Å². The van der Waals surface area contributed by atoms with E-state index in [1.165, 1.54) is 55.5 Å². The van der Waals surface area contributed by atoms with Crippen molar-refractivity contribution in [2.24, 2.45) is 0 Å². The molecule has 0 fully saturated rings. The predicted octanol–water partition coefficient (Wildman–Crippen LogP) is 6.64. The van der Waals surface area contributed by atoms with E-state index in [1.54, 1.807) is 6.07 Å². The number of alkyl halides is 5. The maximum absolute atomic E-state index is 15.8. The highest BCUT2D eigenvalue weighted by atomic mass is 35.5. The molecule has 5 rings (SSSR count). The van der Waals surface area contributed by atoms with Gasteiger partial charge in [0.2, 0.25) is 0 Å². The molecule has 2 heterocycles. The highest BCUT2D eigenvalue weighted by molar-refractivity contribution is 7.90. The lowest BCUT2D eigenvalue weighted by atomic mass is 10.0. The third-order valence-electron chi connectivity index (χ3n) is 6.31. The van der Waals surface area contributed by atoms with Crippen LogP contribution in [0.2, 0.25) is 5.02 Å². The van der Waals surface area contributed by atoms with Crippen LogP contribution >= 0.6 is 11.6 Å². The van der Waals surface area contributed by atoms with E-state index in [9.17, 15) is 21.6 Å². The Bertz CT molecular complexity index is 1870. The van der Waals surface area contributed by atoms with E-state index in [-0.39, 0.29) is 27.1 Å². The Morgan fingerprint density at radius 2 is 1.56 bits per heavy atom. The third kappa shape index (κ3) is 5.46. The van der Waals surface area contributed by atoms with E-state index in [2.05, 4.69) is 15.3 Å². The van der Waals surface area contributed by atoms with Crippen LogP contribution in [0, 0.1) is 6.92 Å². The van der Waals surface area contributed by atoms with Gasteiger partial charge in [0.25, 0.3) is 0 Å². The van der Waals surface area contributed by atoms with Gasteiger partial charge in [-0.1, -0.05) is 47.1 Å². The number of aryl methyl sites for hydroxylation is 1. The maximum atomic E-state index is 15.8. The summed E-state index contributed by atoms with van der Waals surface area (Å²) in [6, 6.07) is 15.2. The second-order valence-electron chi connectivity index (χ2n) is 9.16. The molecule has 2 aromatic heterocycles. The Balaban J connectivity index is 1.75. The number of halogens is 6. The maximum Gasteiger partial charge on any atom is 0.434 e. The van der Waals surface area contributed by atoms with Gasteiger partial charge in [0.05, 0.1) is 22.5 Å². The molecule has 0 saturated heterocycles. The van der Waals surface area contributed by atoms with Crippen molar-refractivity contribution in [2.45, 2.75) is 23.9 Å². The van der Waals surface area contributed by atoms with Crippen molar-refractivity contribution in [3.8, 4) is 22.5 Å². The second kappa shape index (κ2) is 10.1. The van der Waals surface area contributed by atoms with Gasteiger partial charge in [0.1, 0.15) is 11.5 Å². The molecular formula is C27H19ClF5N5O2S. The third-order valence-corrected chi connectivity index (χ3v) is 7.67. The smallest absolute Gasteiger partial charge is 0.301 e. The fourth-order valence-electron chi connectivity index (χ4n) is 4.27. The van der Waals surface area contributed by atoms with Crippen LogP contribution in [0.25, 0.3) is 22.5 Å². The Kier molecular flexibility index (Phi) is 6.98. The van der Waals surface area contributed by atoms with Crippen molar-refractivity contribution >= 4 is 21.4 Å². The van der Waals surface area contributed by atoms with Gasteiger partial charge >= 0.3 is 12.1 Å². The van der Waals surface area contributed by atoms with Crippen LogP contribution in [0.1, 0.15) is 22.8 Å². The quantitative estimate of drug-likeness (QED) is 0.202. The summed E-state index contributed by atoms with van der Waals surface area (Å²) in [4.78, 5) is 3.62. The molecule has 212 valence electrons. The van der Waals surface area contributed by atoms with E-state index in [0.29, 0.717) is 11.1 Å². The Morgan fingerprint density at radius 3 is 2.20 bits per heavy atom. The zero-order chi connectivity index (χ0) is 29.7. The molecule has 0 spiro atoms. The minimum absolute atomic E-state index is 0.0246. The van der Waals surface area contributed by atoms with Crippen LogP contribution in [0.4, 0.5) is 22.0 Å². The zero-order valence-electron chi connectivity index (χ0n) is 21.2. The van der Waals surface area contributed by atoms with Crippen molar-refractivity contribution in [3.63, 3.8) is 0 Å². The van der Waals surface area contributed by atoms with Crippen molar-refractivity contribution in [1.29, 1.82) is 0 Å². The number of imidazole rings is 1. The number of sulfone groups is 1. The van der Waals surface area contributed by atoms with Crippen molar-refractivity contribution in [2.75, 3.05) is 6.26 Å². The van der Waals surface area contributed by atoms with Gasteiger partial charge in [0.15, 0.2) is 15.5 Å². The number of nitrogens with zero attached hydrogens (tertiary/aromatic N) is 5. The summed E-state index contributed by atoms with van der Waals surface area (Å²) >= 11 is 5.86. The highest BCUT2D eigenvalue weighted by Gasteiger charge is 2.39. The Hall–Kier alpha value is -4.10. The molecular weight excluding hydrogens is 589 g/mol. The molecule has 0 amide bonds. The molecule has 0 aliphatic carbocycles. The van der Waals surface area contributed by atoms with Crippen LogP contribution in [0.15, 0.2) is 84.0 Å². The molecule has 0 radical (unpaired) electrons. The summed E-state index contributed by atoms with van der Waals surface area (Å²) in [5.74, 6) is -3.70. The van der Waals surface area contributed by atoms with Gasteiger partial charge in [-0.3, -0.25) is 0 Å². The minimum Gasteiger partial charge on any atom is -0.301 e. The topological polar surface area (TPSA) is 82.7 Å². The Morgan fingerprint density at radius 1 is 0.878 bits per heavy atom. The van der Waals surface area contributed by atoms with Crippen molar-refractivity contribution < 1.29 is 30.4 Å². The first-order chi connectivity index (χ1) is 19.2. The first-order valence-electron chi connectivity index (χ1n) is 11.8. The second-order valence-corrected chi connectivity index (χ2v) is 11.6. The van der Waals surface area contributed by atoms with Gasteiger partial charge in [-0.15, -0.1) is 5.10 Å². The van der Waals surface area contributed by atoms with E-state index in [0.717, 1.165) is 40.0 Å². The Labute approximate surface area is 235 Å². The predicted molar refractivity (Wildman–Crippen MR) is 141 cm³/mol. The van der Waals surface area contributed by atoms with Gasteiger partial charge in [-0.2, -0.15) is 22.0 Å². The van der Waals surface area contributed by atoms with Crippen LogP contribution in [-0.2, 0) is 21.9 Å². The molecule has 0 atom stereocenters. The lowest BCUT2D eigenvalue weighted by molar-refractivity contribution is -0.141. The molecule has 14 heteroatoms. The van der Waals surface area contributed by atoms with E-state index in [1.807, 2.05) is 0 Å². The zero-order valence-corrected chi connectivity index (χ0v) is 22.8. The summed E-state index contributed by atoms with van der Waals surface area (Å²) in [5.41, 5.74) is -1.45. The highest BCUT2D eigenvalue weighted by Crippen LogP contribution is 2.39. The summed E-state index contributed by atoms with van der Waals surface area (Å²) in [7, 11) is -3.57.